The van der Waals surface area contributed by atoms with Crippen LogP contribution in [0, 0.1) is 6.92 Å². The molecule has 6 heteroatoms. The van der Waals surface area contributed by atoms with E-state index in [9.17, 15) is 4.79 Å². The van der Waals surface area contributed by atoms with Crippen molar-refractivity contribution in [2.75, 3.05) is 6.61 Å². The quantitative estimate of drug-likeness (QED) is 0.834. The van der Waals surface area contributed by atoms with Crippen molar-refractivity contribution in [2.45, 2.75) is 13.5 Å². The number of rotatable bonds is 4. The minimum atomic E-state index is -1.02. The molecule has 2 heterocycles. The number of carboxylic acids is 1. The first-order valence-electron chi connectivity index (χ1n) is 4.68. The van der Waals surface area contributed by atoms with Crippen LogP contribution in [0.1, 0.15) is 11.6 Å². The van der Waals surface area contributed by atoms with Gasteiger partial charge in [-0.1, -0.05) is 0 Å². The minimum absolute atomic E-state index is 0.0295. The molecule has 2 aromatic rings. The average Bonchev–Trinajstić information content (AvgIpc) is 2.58. The van der Waals surface area contributed by atoms with Gasteiger partial charge >= 0.3 is 5.97 Å². The van der Waals surface area contributed by atoms with E-state index >= 15 is 0 Å². The summed E-state index contributed by atoms with van der Waals surface area (Å²) < 4.78 is 10.2. The van der Waals surface area contributed by atoms with Crippen LogP contribution in [0.3, 0.4) is 0 Å². The number of hydrogen-bond donors (Lipinski definition) is 1. The molecular formula is C10H10N2O4. The molecule has 0 saturated heterocycles. The first-order chi connectivity index (χ1) is 7.65. The highest BCUT2D eigenvalue weighted by Crippen LogP contribution is 2.14. The highest BCUT2D eigenvalue weighted by atomic mass is 16.5. The summed E-state index contributed by atoms with van der Waals surface area (Å²) in [6.07, 6.45) is 0. The van der Waals surface area contributed by atoms with Gasteiger partial charge in [-0.25, -0.2) is 9.78 Å². The van der Waals surface area contributed by atoms with Gasteiger partial charge in [-0.15, -0.1) is 0 Å². The fourth-order valence-electron chi connectivity index (χ4n) is 1.25. The third kappa shape index (κ3) is 2.34. The Balaban J connectivity index is 2.10. The van der Waals surface area contributed by atoms with Crippen LogP contribution in [0.25, 0.3) is 11.2 Å². The molecule has 6 nitrogen and oxygen atoms in total. The van der Waals surface area contributed by atoms with Crippen LogP contribution in [0.5, 0.6) is 0 Å². The molecular weight excluding hydrogens is 212 g/mol. The van der Waals surface area contributed by atoms with Crippen LogP contribution in [-0.4, -0.2) is 27.7 Å². The van der Waals surface area contributed by atoms with Gasteiger partial charge in [0.2, 0.25) is 5.89 Å². The lowest BCUT2D eigenvalue weighted by molar-refractivity contribution is -0.142. The Morgan fingerprint density at radius 2 is 2.31 bits per heavy atom. The van der Waals surface area contributed by atoms with Gasteiger partial charge in [-0.05, 0) is 19.1 Å². The van der Waals surface area contributed by atoms with E-state index in [0.29, 0.717) is 17.1 Å². The van der Waals surface area contributed by atoms with Gasteiger partial charge in [0.1, 0.15) is 13.2 Å². The van der Waals surface area contributed by atoms with Crippen molar-refractivity contribution in [3.63, 3.8) is 0 Å². The second-order valence-corrected chi connectivity index (χ2v) is 3.27. The van der Waals surface area contributed by atoms with Crippen molar-refractivity contribution in [2.24, 2.45) is 0 Å². The lowest BCUT2D eigenvalue weighted by Crippen LogP contribution is -2.06. The first-order valence-corrected chi connectivity index (χ1v) is 4.68. The topological polar surface area (TPSA) is 85.5 Å². The smallest absolute Gasteiger partial charge is 0.329 e. The zero-order chi connectivity index (χ0) is 11.5. The summed E-state index contributed by atoms with van der Waals surface area (Å²) in [6, 6.07) is 3.58. The molecule has 2 aromatic heterocycles. The fourth-order valence-corrected chi connectivity index (χ4v) is 1.25. The number of aliphatic carboxylic acids is 1. The van der Waals surface area contributed by atoms with Crippen LogP contribution in [0.4, 0.5) is 0 Å². The molecule has 0 fully saturated rings. The highest BCUT2D eigenvalue weighted by molar-refractivity contribution is 5.68. The number of fused-ring (bicyclic) bond motifs is 1. The van der Waals surface area contributed by atoms with Crippen molar-refractivity contribution in [1.29, 1.82) is 0 Å². The lowest BCUT2D eigenvalue weighted by Gasteiger charge is -1.94. The second kappa shape index (κ2) is 4.28. The molecule has 0 spiro atoms. The third-order valence-corrected chi connectivity index (χ3v) is 1.89. The Morgan fingerprint density at radius 3 is 3.06 bits per heavy atom. The minimum Gasteiger partial charge on any atom is -0.480 e. The van der Waals surface area contributed by atoms with Gasteiger partial charge in [0.25, 0.3) is 0 Å². The fraction of sp³-hybridized carbons (Fsp3) is 0.300. The molecule has 0 aliphatic carbocycles. The molecule has 0 unspecified atom stereocenters. The molecule has 1 N–H and O–H groups in total. The van der Waals surface area contributed by atoms with E-state index < -0.39 is 5.97 Å². The Labute approximate surface area is 90.9 Å². The molecule has 0 aromatic carbocycles. The predicted molar refractivity (Wildman–Crippen MR) is 53.8 cm³/mol. The van der Waals surface area contributed by atoms with Crippen LogP contribution >= 0.6 is 0 Å². The number of pyridine rings is 1. The van der Waals surface area contributed by atoms with Crippen LogP contribution in [0.2, 0.25) is 0 Å². The zero-order valence-corrected chi connectivity index (χ0v) is 8.64. The maximum atomic E-state index is 10.2. The molecule has 0 saturated carbocycles. The Morgan fingerprint density at radius 1 is 1.50 bits per heavy atom. The van der Waals surface area contributed by atoms with Crippen molar-refractivity contribution >= 4 is 17.2 Å². The summed E-state index contributed by atoms with van der Waals surface area (Å²) in [7, 11) is 0. The van der Waals surface area contributed by atoms with Gasteiger partial charge < -0.3 is 14.3 Å². The molecule has 2 rings (SSSR count). The molecule has 0 radical (unpaired) electrons. The molecule has 0 aliphatic rings. The van der Waals surface area contributed by atoms with Crippen molar-refractivity contribution in [3.05, 3.63) is 23.7 Å². The molecule has 0 atom stereocenters. The molecule has 16 heavy (non-hydrogen) atoms. The van der Waals surface area contributed by atoms with Crippen LogP contribution < -0.4 is 0 Å². The van der Waals surface area contributed by atoms with E-state index in [2.05, 4.69) is 9.97 Å². The number of aromatic nitrogens is 2. The Hall–Kier alpha value is -1.95. The number of hydrogen-bond acceptors (Lipinski definition) is 5. The lowest BCUT2D eigenvalue weighted by atomic mass is 10.4. The van der Waals surface area contributed by atoms with Crippen LogP contribution in [-0.2, 0) is 16.1 Å². The summed E-state index contributed by atoms with van der Waals surface area (Å²) in [5, 5.41) is 8.38. The van der Waals surface area contributed by atoms with E-state index in [0.717, 1.165) is 5.69 Å². The molecule has 0 aliphatic heterocycles. The third-order valence-electron chi connectivity index (χ3n) is 1.89. The van der Waals surface area contributed by atoms with E-state index in [-0.39, 0.29) is 13.2 Å². The second-order valence-electron chi connectivity index (χ2n) is 3.27. The monoisotopic (exact) mass is 222 g/mol. The van der Waals surface area contributed by atoms with Gasteiger partial charge in [-0.2, -0.15) is 4.98 Å². The summed E-state index contributed by atoms with van der Waals surface area (Å²) in [4.78, 5) is 18.5. The number of nitrogens with zero attached hydrogens (tertiary/aromatic N) is 2. The largest absolute Gasteiger partial charge is 0.480 e. The molecule has 84 valence electrons. The predicted octanol–water partition coefficient (Wildman–Crippen LogP) is 1.13. The summed E-state index contributed by atoms with van der Waals surface area (Å²) in [6.45, 7) is 1.52. The van der Waals surface area contributed by atoms with E-state index in [1.54, 1.807) is 6.07 Å². The van der Waals surface area contributed by atoms with E-state index in [1.165, 1.54) is 0 Å². The first kappa shape index (κ1) is 10.6. The summed E-state index contributed by atoms with van der Waals surface area (Å²) >= 11 is 0. The van der Waals surface area contributed by atoms with Gasteiger partial charge in [0.05, 0.1) is 0 Å². The maximum absolute atomic E-state index is 10.2. The SMILES string of the molecule is Cc1ccc2oc(COCC(=O)O)nc2n1. The van der Waals surface area contributed by atoms with Crippen LogP contribution in [0.15, 0.2) is 16.5 Å². The van der Waals surface area contributed by atoms with Gasteiger partial charge in [0, 0.05) is 5.69 Å². The average molecular weight is 222 g/mol. The zero-order valence-electron chi connectivity index (χ0n) is 8.64. The highest BCUT2D eigenvalue weighted by Gasteiger charge is 2.07. The van der Waals surface area contributed by atoms with Crippen molar-refractivity contribution in [1.82, 2.24) is 9.97 Å². The summed E-state index contributed by atoms with van der Waals surface area (Å²) in [5.74, 6) is -0.695. The normalized spacial score (nSPS) is 10.8. The van der Waals surface area contributed by atoms with E-state index in [4.69, 9.17) is 14.3 Å². The maximum Gasteiger partial charge on any atom is 0.329 e. The van der Waals surface area contributed by atoms with Gasteiger partial charge in [-0.3, -0.25) is 0 Å². The number of carboxylic acid groups (broad SMARTS) is 1. The summed E-state index contributed by atoms with van der Waals surface area (Å²) in [5.41, 5.74) is 1.92. The number of ether oxygens (including phenoxy) is 1. The standard InChI is InChI=1S/C10H10N2O4/c1-6-2-3-7-10(11-6)12-8(16-7)4-15-5-9(13)14/h2-3H,4-5H2,1H3,(H,13,14). The number of oxazole rings is 1. The van der Waals surface area contributed by atoms with Crippen molar-refractivity contribution < 1.29 is 19.1 Å². The Kier molecular flexibility index (Phi) is 2.82. The van der Waals surface area contributed by atoms with Gasteiger partial charge in [0.15, 0.2) is 11.2 Å². The number of aryl methyl sites for hydroxylation is 1. The molecule has 0 amide bonds. The van der Waals surface area contributed by atoms with E-state index in [1.807, 2.05) is 13.0 Å². The van der Waals surface area contributed by atoms with Crippen molar-refractivity contribution in [3.8, 4) is 0 Å². The number of carbonyl (C=O) groups is 1. The molecule has 0 bridgehead atoms. The Bertz CT molecular complexity index is 521.